The lowest BCUT2D eigenvalue weighted by Crippen LogP contribution is -2.62. The average molecular weight is 534 g/mol. The quantitative estimate of drug-likeness (QED) is 0.156. The molecule has 10 atom stereocenters. The monoisotopic (exact) mass is 534 g/mol. The number of fused-ring (bicyclic) bond motifs is 1. The predicted octanol–water partition coefficient (Wildman–Crippen LogP) is -3.76. The number of hydrogen-bond acceptors (Lipinski definition) is 15. The minimum Gasteiger partial charge on any atom is -0.463 e. The molecule has 0 aromatic carbocycles. The van der Waals surface area contributed by atoms with Crippen LogP contribution in [0.1, 0.15) is 27.7 Å². The van der Waals surface area contributed by atoms with Gasteiger partial charge in [-0.1, -0.05) is 0 Å². The van der Waals surface area contributed by atoms with Gasteiger partial charge >= 0.3 is 23.9 Å². The molecular weight excluding hydrogens is 504 g/mol. The van der Waals surface area contributed by atoms with Crippen LogP contribution >= 0.6 is 0 Å². The Balaban J connectivity index is 1.98. The summed E-state index contributed by atoms with van der Waals surface area (Å²) < 4.78 is 32.2. The number of esters is 4. The summed E-state index contributed by atoms with van der Waals surface area (Å²) in [5.41, 5.74) is -2.18. The molecule has 37 heavy (non-hydrogen) atoms. The molecule has 1 saturated carbocycles. The molecule has 3 aliphatic rings. The number of amidine groups is 1. The molecule has 2 saturated heterocycles. The van der Waals surface area contributed by atoms with E-state index in [1.54, 1.807) is 0 Å². The van der Waals surface area contributed by atoms with Gasteiger partial charge in [-0.05, 0) is 0 Å². The van der Waals surface area contributed by atoms with Crippen LogP contribution in [0.25, 0.3) is 0 Å². The third kappa shape index (κ3) is 5.93. The van der Waals surface area contributed by atoms with Crippen LogP contribution < -0.4 is 5.32 Å². The fourth-order valence-electron chi connectivity index (χ4n) is 4.47. The van der Waals surface area contributed by atoms with Crippen molar-refractivity contribution >= 4 is 29.9 Å². The third-order valence-electron chi connectivity index (χ3n) is 6.03. The average Bonchev–Trinajstić information content (AvgIpc) is 3.29. The molecule has 16 heteroatoms. The van der Waals surface area contributed by atoms with Crippen LogP contribution in [0.5, 0.6) is 0 Å². The highest BCUT2D eigenvalue weighted by Gasteiger charge is 2.64. The molecule has 1 aliphatic carbocycles. The number of carbonyl (C=O) groups excluding carboxylic acids is 4. The third-order valence-corrected chi connectivity index (χ3v) is 6.03. The van der Waals surface area contributed by atoms with E-state index in [0.29, 0.717) is 0 Å². The van der Waals surface area contributed by atoms with Gasteiger partial charge in [0.05, 0.1) is 6.61 Å². The van der Waals surface area contributed by atoms with Gasteiger partial charge in [0.1, 0.15) is 36.6 Å². The highest BCUT2D eigenvalue weighted by atomic mass is 16.7. The lowest BCUT2D eigenvalue weighted by atomic mass is 9.96. The minimum atomic E-state index is -2.18. The summed E-state index contributed by atoms with van der Waals surface area (Å²) in [6, 6.07) is -1.53. The van der Waals surface area contributed by atoms with Gasteiger partial charge in [0.2, 0.25) is 0 Å². The fourth-order valence-corrected chi connectivity index (χ4v) is 4.47. The van der Waals surface area contributed by atoms with E-state index in [1.165, 1.54) is 0 Å². The lowest BCUT2D eigenvalue weighted by molar-refractivity contribution is -0.251. The zero-order chi connectivity index (χ0) is 27.7. The Kier molecular flexibility index (Phi) is 8.59. The highest BCUT2D eigenvalue weighted by molar-refractivity contribution is 5.77. The first-order valence-electron chi connectivity index (χ1n) is 11.3. The first-order chi connectivity index (χ1) is 17.3. The maximum absolute atomic E-state index is 11.9. The predicted molar refractivity (Wildman–Crippen MR) is 115 cm³/mol. The van der Waals surface area contributed by atoms with E-state index in [2.05, 4.69) is 10.3 Å². The molecule has 16 nitrogen and oxygen atoms in total. The summed E-state index contributed by atoms with van der Waals surface area (Å²) in [6.07, 6.45) is -11.6. The molecule has 2 heterocycles. The molecule has 0 radical (unpaired) electrons. The van der Waals surface area contributed by atoms with Gasteiger partial charge in [-0.2, -0.15) is 4.99 Å². The number of nitrogens with zero attached hydrogens (tertiary/aromatic N) is 1. The van der Waals surface area contributed by atoms with Gasteiger partial charge in [-0.25, -0.2) is 0 Å². The molecular formula is C21H30N2O14. The number of aliphatic hydroxyl groups is 4. The second-order valence-electron chi connectivity index (χ2n) is 8.81. The number of ether oxygens (including phenoxy) is 6. The van der Waals surface area contributed by atoms with E-state index in [9.17, 15) is 39.6 Å². The van der Waals surface area contributed by atoms with Crippen molar-refractivity contribution in [3.63, 3.8) is 0 Å². The van der Waals surface area contributed by atoms with Crippen LogP contribution in [0.15, 0.2) is 4.99 Å². The van der Waals surface area contributed by atoms with E-state index < -0.39 is 97.7 Å². The molecule has 3 fully saturated rings. The summed E-state index contributed by atoms with van der Waals surface area (Å²) in [5.74, 6) is -3.15. The molecule has 0 aromatic rings. The Morgan fingerprint density at radius 3 is 2.05 bits per heavy atom. The van der Waals surface area contributed by atoms with E-state index >= 15 is 0 Å². The maximum Gasteiger partial charge on any atom is 0.303 e. The summed E-state index contributed by atoms with van der Waals surface area (Å²) in [4.78, 5) is 51.2. The van der Waals surface area contributed by atoms with Crippen LogP contribution in [0.2, 0.25) is 0 Å². The number of nitrogens with one attached hydrogen (secondary N) is 1. The maximum atomic E-state index is 11.9. The van der Waals surface area contributed by atoms with Gasteiger partial charge in [-0.3, -0.25) is 19.2 Å². The zero-order valence-corrected chi connectivity index (χ0v) is 20.4. The first-order valence-corrected chi connectivity index (χ1v) is 11.3. The Hall–Kier alpha value is -3.05. The van der Waals surface area contributed by atoms with Crippen molar-refractivity contribution in [2.45, 2.75) is 88.3 Å². The second kappa shape index (κ2) is 11.1. The summed E-state index contributed by atoms with van der Waals surface area (Å²) in [6.45, 7) is 2.96. The number of carbonyl (C=O) groups is 4. The summed E-state index contributed by atoms with van der Waals surface area (Å²) in [5, 5.41) is 43.2. The SMILES string of the molecule is CC(=O)OC[C@H]1O[C@H](/N=C2/N[C@@H]3[C@H](O2)[C@@H](O)[C@H](O)[C@]3(O)CO)[C@@H](OC(C)=O)[C@@H](OC(C)=O)[C@@H]1OC(C)=O. The van der Waals surface area contributed by atoms with Crippen molar-refractivity contribution < 1.29 is 68.0 Å². The van der Waals surface area contributed by atoms with Crippen molar-refractivity contribution in [2.75, 3.05) is 13.2 Å². The van der Waals surface area contributed by atoms with Gasteiger partial charge in [0.15, 0.2) is 30.6 Å². The smallest absolute Gasteiger partial charge is 0.303 e. The van der Waals surface area contributed by atoms with Crippen molar-refractivity contribution in [3.05, 3.63) is 0 Å². The van der Waals surface area contributed by atoms with Crippen molar-refractivity contribution in [1.82, 2.24) is 5.32 Å². The Bertz CT molecular complexity index is 942. The summed E-state index contributed by atoms with van der Waals surface area (Å²) in [7, 11) is 0. The minimum absolute atomic E-state index is 0.339. The van der Waals surface area contributed by atoms with Gasteiger partial charge in [-0.15, -0.1) is 0 Å². The van der Waals surface area contributed by atoms with E-state index in [-0.39, 0.29) is 6.02 Å². The molecule has 208 valence electrons. The van der Waals surface area contributed by atoms with Crippen LogP contribution in [-0.4, -0.2) is 124 Å². The number of hydrogen-bond donors (Lipinski definition) is 5. The van der Waals surface area contributed by atoms with Gasteiger partial charge in [0.25, 0.3) is 6.02 Å². The number of aliphatic imine (C=N–C) groups is 1. The molecule has 3 rings (SSSR count). The van der Waals surface area contributed by atoms with Crippen LogP contribution in [0.3, 0.4) is 0 Å². The molecule has 0 unspecified atom stereocenters. The molecule has 2 aliphatic heterocycles. The van der Waals surface area contributed by atoms with E-state index in [1.807, 2.05) is 0 Å². The summed E-state index contributed by atoms with van der Waals surface area (Å²) >= 11 is 0. The fraction of sp³-hybridized carbons (Fsp3) is 0.762. The largest absolute Gasteiger partial charge is 0.463 e. The van der Waals surface area contributed by atoms with E-state index in [4.69, 9.17) is 28.4 Å². The molecule has 0 bridgehead atoms. The Labute approximate surface area is 210 Å². The van der Waals surface area contributed by atoms with E-state index in [0.717, 1.165) is 27.7 Å². The first kappa shape index (κ1) is 28.5. The molecule has 5 N–H and O–H groups in total. The van der Waals surface area contributed by atoms with Gasteiger partial charge in [0, 0.05) is 27.7 Å². The highest BCUT2D eigenvalue weighted by Crippen LogP contribution is 2.37. The van der Waals surface area contributed by atoms with Crippen LogP contribution in [-0.2, 0) is 47.6 Å². The van der Waals surface area contributed by atoms with Crippen molar-refractivity contribution in [1.29, 1.82) is 0 Å². The van der Waals surface area contributed by atoms with Crippen molar-refractivity contribution in [2.24, 2.45) is 4.99 Å². The topological polar surface area (TPSA) is 229 Å². The molecule has 0 amide bonds. The lowest BCUT2D eigenvalue weighted by Gasteiger charge is -2.43. The van der Waals surface area contributed by atoms with Gasteiger partial charge < -0.3 is 54.2 Å². The Morgan fingerprint density at radius 2 is 1.51 bits per heavy atom. The Morgan fingerprint density at radius 1 is 0.946 bits per heavy atom. The zero-order valence-electron chi connectivity index (χ0n) is 20.4. The molecule has 0 aromatic heterocycles. The van der Waals surface area contributed by atoms with Crippen molar-refractivity contribution in [3.8, 4) is 0 Å². The normalized spacial score (nSPS) is 39.7. The van der Waals surface area contributed by atoms with Crippen LogP contribution in [0, 0.1) is 0 Å². The number of aliphatic hydroxyl groups excluding tert-OH is 3. The molecule has 0 spiro atoms. The second-order valence-corrected chi connectivity index (χ2v) is 8.81. The standard InChI is InChI=1S/C21H30N2O14/c1-7(25)32-5-11-13(33-8(2)26)15(34-9(3)27)16(35-10(4)28)19(36-11)23-20-22-17-14(37-20)12(29)18(30)21(17,31)6-24/h11-19,24,29-31H,5-6H2,1-4H3,(H,22,23)/t11-,12-,13-,14-,15+,16+,17-,18+,19+,21+/m1/s1. The van der Waals surface area contributed by atoms with Crippen LogP contribution in [0.4, 0.5) is 0 Å². The number of rotatable bonds is 7.